The molecule has 2 aromatic carbocycles. The Morgan fingerprint density at radius 2 is 1.90 bits per heavy atom. The Kier molecular flexibility index (Phi) is 3.81. The van der Waals surface area contributed by atoms with Crippen molar-refractivity contribution in [2.45, 2.75) is 0 Å². The van der Waals surface area contributed by atoms with Gasteiger partial charge in [0.2, 0.25) is 0 Å². The summed E-state index contributed by atoms with van der Waals surface area (Å²) in [7, 11) is 0. The first-order chi connectivity index (χ1) is 10.0. The molecule has 7 nitrogen and oxygen atoms in total. The van der Waals surface area contributed by atoms with Crippen molar-refractivity contribution in [2.24, 2.45) is 0 Å². The molecule has 104 valence electrons. The van der Waals surface area contributed by atoms with Crippen LogP contribution in [0.3, 0.4) is 0 Å². The van der Waals surface area contributed by atoms with E-state index in [1.54, 1.807) is 0 Å². The molecule has 0 aliphatic rings. The van der Waals surface area contributed by atoms with Gasteiger partial charge in [-0.25, -0.2) is 4.79 Å². The summed E-state index contributed by atoms with van der Waals surface area (Å²) in [4.78, 5) is 21.2. The fourth-order valence-electron chi connectivity index (χ4n) is 1.61. The van der Waals surface area contributed by atoms with Crippen molar-refractivity contribution in [1.29, 1.82) is 5.26 Å². The Bertz CT molecular complexity index is 747. The van der Waals surface area contributed by atoms with Crippen LogP contribution in [0.5, 0.6) is 11.5 Å². The molecule has 7 heteroatoms. The molecule has 0 fully saturated rings. The predicted molar refractivity (Wildman–Crippen MR) is 71.3 cm³/mol. The number of nitro benzene ring substituents is 1. The molecule has 2 rings (SSSR count). The number of nitrogens with zero attached hydrogens (tertiary/aromatic N) is 2. The number of hydrogen-bond donors (Lipinski definition) is 1. The lowest BCUT2D eigenvalue weighted by Gasteiger charge is -2.08. The van der Waals surface area contributed by atoms with Crippen molar-refractivity contribution in [3.05, 3.63) is 63.7 Å². The van der Waals surface area contributed by atoms with Crippen LogP contribution in [0.15, 0.2) is 42.5 Å². The second-order valence-electron chi connectivity index (χ2n) is 3.98. The standard InChI is InChI=1S/C14H8N2O5/c15-8-9-1-4-11(5-2-9)21-13-7-10(16(19)20)3-6-12(13)14(17)18/h1-7H,(H,17,18). The van der Waals surface area contributed by atoms with E-state index in [-0.39, 0.29) is 22.7 Å². The molecular formula is C14H8N2O5. The van der Waals surface area contributed by atoms with Crippen molar-refractivity contribution in [3.63, 3.8) is 0 Å². The van der Waals surface area contributed by atoms with Crippen molar-refractivity contribution in [3.8, 4) is 17.6 Å². The second-order valence-corrected chi connectivity index (χ2v) is 3.98. The van der Waals surface area contributed by atoms with Gasteiger partial charge in [0.25, 0.3) is 5.69 Å². The maximum atomic E-state index is 11.1. The molecule has 0 heterocycles. The summed E-state index contributed by atoms with van der Waals surface area (Å²) < 4.78 is 5.37. The van der Waals surface area contributed by atoms with E-state index >= 15 is 0 Å². The van der Waals surface area contributed by atoms with Gasteiger partial charge in [0.05, 0.1) is 22.6 Å². The van der Waals surface area contributed by atoms with E-state index in [0.29, 0.717) is 5.56 Å². The molecule has 0 unspecified atom stereocenters. The summed E-state index contributed by atoms with van der Waals surface area (Å²) in [5.74, 6) is -1.12. The largest absolute Gasteiger partial charge is 0.478 e. The van der Waals surface area contributed by atoms with Crippen molar-refractivity contribution >= 4 is 11.7 Å². The van der Waals surface area contributed by atoms with E-state index in [1.165, 1.54) is 24.3 Å². The smallest absolute Gasteiger partial charge is 0.339 e. The molecule has 0 amide bonds. The van der Waals surface area contributed by atoms with Crippen molar-refractivity contribution in [2.75, 3.05) is 0 Å². The second kappa shape index (κ2) is 5.71. The molecule has 0 saturated heterocycles. The van der Waals surface area contributed by atoms with Crippen LogP contribution >= 0.6 is 0 Å². The SMILES string of the molecule is N#Cc1ccc(Oc2cc([N+](=O)[O-])ccc2C(=O)O)cc1. The molecule has 1 N–H and O–H groups in total. The highest BCUT2D eigenvalue weighted by Gasteiger charge is 2.17. The maximum Gasteiger partial charge on any atom is 0.339 e. The molecule has 0 saturated carbocycles. The van der Waals surface area contributed by atoms with E-state index in [2.05, 4.69) is 0 Å². The Labute approximate surface area is 118 Å². The summed E-state index contributed by atoms with van der Waals surface area (Å²) in [6.07, 6.45) is 0. The van der Waals surface area contributed by atoms with Crippen LogP contribution < -0.4 is 4.74 Å². The van der Waals surface area contributed by atoms with Crippen molar-refractivity contribution in [1.82, 2.24) is 0 Å². The lowest BCUT2D eigenvalue weighted by atomic mass is 10.2. The third-order valence-electron chi connectivity index (χ3n) is 2.62. The highest BCUT2D eigenvalue weighted by molar-refractivity contribution is 5.91. The molecule has 0 radical (unpaired) electrons. The van der Waals surface area contributed by atoms with Gasteiger partial charge in [-0.15, -0.1) is 0 Å². The number of carboxylic acid groups (broad SMARTS) is 1. The van der Waals surface area contributed by atoms with Crippen LogP contribution in [0.2, 0.25) is 0 Å². The van der Waals surface area contributed by atoms with Crippen LogP contribution in [0.4, 0.5) is 5.69 Å². The van der Waals surface area contributed by atoms with E-state index in [9.17, 15) is 14.9 Å². The average molecular weight is 284 g/mol. The Hall–Kier alpha value is -3.40. The van der Waals surface area contributed by atoms with Gasteiger partial charge >= 0.3 is 5.97 Å². The number of benzene rings is 2. The average Bonchev–Trinajstić information content (AvgIpc) is 2.47. The minimum atomic E-state index is -1.26. The Morgan fingerprint density at radius 3 is 2.43 bits per heavy atom. The van der Waals surface area contributed by atoms with E-state index in [4.69, 9.17) is 15.1 Å². The van der Waals surface area contributed by atoms with Crippen molar-refractivity contribution < 1.29 is 19.6 Å². The zero-order valence-corrected chi connectivity index (χ0v) is 10.5. The van der Waals surface area contributed by atoms with Crippen LogP contribution in [0.25, 0.3) is 0 Å². The predicted octanol–water partition coefficient (Wildman–Crippen LogP) is 2.96. The molecule has 0 aliphatic heterocycles. The Balaban J connectivity index is 2.40. The summed E-state index contributed by atoms with van der Waals surface area (Å²) in [5, 5.41) is 28.5. The van der Waals surface area contributed by atoms with Crippen LogP contribution in [-0.2, 0) is 0 Å². The summed E-state index contributed by atoms with van der Waals surface area (Å²) in [6, 6.07) is 11.1. The van der Waals surface area contributed by atoms with E-state index < -0.39 is 10.9 Å². The highest BCUT2D eigenvalue weighted by Crippen LogP contribution is 2.29. The monoisotopic (exact) mass is 284 g/mol. The molecule has 0 aliphatic carbocycles. The van der Waals surface area contributed by atoms with Gasteiger partial charge in [-0.1, -0.05) is 0 Å². The topological polar surface area (TPSA) is 113 Å². The number of aromatic carboxylic acids is 1. The number of ether oxygens (including phenoxy) is 1. The van der Waals surface area contributed by atoms with Gasteiger partial charge in [-0.05, 0) is 30.3 Å². The third-order valence-corrected chi connectivity index (χ3v) is 2.62. The molecule has 0 spiro atoms. The molecular weight excluding hydrogens is 276 g/mol. The van der Waals surface area contributed by atoms with E-state index in [0.717, 1.165) is 18.2 Å². The van der Waals surface area contributed by atoms with Crippen LogP contribution in [0, 0.1) is 21.4 Å². The quantitative estimate of drug-likeness (QED) is 0.682. The van der Waals surface area contributed by atoms with Gasteiger partial charge in [0.1, 0.15) is 17.1 Å². The Morgan fingerprint density at radius 1 is 1.24 bits per heavy atom. The summed E-state index contributed by atoms with van der Waals surface area (Å²) in [5.41, 5.74) is -0.0477. The van der Waals surface area contributed by atoms with Crippen LogP contribution in [0.1, 0.15) is 15.9 Å². The van der Waals surface area contributed by atoms with Gasteiger partial charge in [-0.2, -0.15) is 5.26 Å². The molecule has 0 bridgehead atoms. The lowest BCUT2D eigenvalue weighted by Crippen LogP contribution is -2.01. The highest BCUT2D eigenvalue weighted by atomic mass is 16.6. The number of carbonyl (C=O) groups is 1. The third kappa shape index (κ3) is 3.13. The normalized spacial score (nSPS) is 9.67. The number of carboxylic acids is 1. The molecule has 0 aromatic heterocycles. The molecule has 2 aromatic rings. The van der Waals surface area contributed by atoms with E-state index in [1.807, 2.05) is 6.07 Å². The lowest BCUT2D eigenvalue weighted by molar-refractivity contribution is -0.384. The number of non-ortho nitro benzene ring substituents is 1. The van der Waals surface area contributed by atoms with Gasteiger partial charge in [0.15, 0.2) is 0 Å². The van der Waals surface area contributed by atoms with Gasteiger partial charge < -0.3 is 9.84 Å². The summed E-state index contributed by atoms with van der Waals surface area (Å²) in [6.45, 7) is 0. The minimum Gasteiger partial charge on any atom is -0.478 e. The zero-order chi connectivity index (χ0) is 15.4. The molecule has 0 atom stereocenters. The minimum absolute atomic E-state index is 0.138. The maximum absolute atomic E-state index is 11.1. The first kappa shape index (κ1) is 14.0. The number of nitro groups is 1. The molecule has 21 heavy (non-hydrogen) atoms. The van der Waals surface area contributed by atoms with Crippen LogP contribution in [-0.4, -0.2) is 16.0 Å². The number of nitriles is 1. The number of rotatable bonds is 4. The number of hydrogen-bond acceptors (Lipinski definition) is 5. The van der Waals surface area contributed by atoms with Gasteiger partial charge in [-0.3, -0.25) is 10.1 Å². The first-order valence-corrected chi connectivity index (χ1v) is 5.71. The fourth-order valence-corrected chi connectivity index (χ4v) is 1.61. The fraction of sp³-hybridized carbons (Fsp3) is 0. The van der Waals surface area contributed by atoms with Gasteiger partial charge in [0, 0.05) is 6.07 Å². The first-order valence-electron chi connectivity index (χ1n) is 5.71. The zero-order valence-electron chi connectivity index (χ0n) is 10.5. The summed E-state index contributed by atoms with van der Waals surface area (Å²) >= 11 is 0.